The Balaban J connectivity index is 2.01. The van der Waals surface area contributed by atoms with Crippen LogP contribution in [-0.2, 0) is 6.54 Å². The van der Waals surface area contributed by atoms with E-state index < -0.39 is 11.6 Å². The van der Waals surface area contributed by atoms with Crippen LogP contribution in [0.2, 0.25) is 0 Å². The van der Waals surface area contributed by atoms with Gasteiger partial charge in [0.25, 0.3) is 5.56 Å². The third kappa shape index (κ3) is 3.11. The minimum Gasteiger partial charge on any atom is -0.310 e. The van der Waals surface area contributed by atoms with Crippen molar-refractivity contribution in [2.75, 3.05) is 0 Å². The molecule has 0 N–H and O–H groups in total. The summed E-state index contributed by atoms with van der Waals surface area (Å²) in [4.78, 5) is 12.0. The second kappa shape index (κ2) is 5.93. The van der Waals surface area contributed by atoms with Crippen LogP contribution >= 0.6 is 0 Å². The molecule has 0 aliphatic heterocycles. The first-order valence-corrected chi connectivity index (χ1v) is 6.83. The van der Waals surface area contributed by atoms with Crippen LogP contribution in [0.15, 0.2) is 71.7 Å². The van der Waals surface area contributed by atoms with Crippen molar-refractivity contribution in [1.29, 1.82) is 0 Å². The molecule has 0 saturated heterocycles. The van der Waals surface area contributed by atoms with E-state index in [1.54, 1.807) is 12.3 Å². The summed E-state index contributed by atoms with van der Waals surface area (Å²) in [6.07, 6.45) is 1.61. The van der Waals surface area contributed by atoms with E-state index in [9.17, 15) is 13.6 Å². The highest BCUT2D eigenvalue weighted by molar-refractivity contribution is 5.62. The first kappa shape index (κ1) is 14.2. The van der Waals surface area contributed by atoms with Crippen molar-refractivity contribution in [1.82, 2.24) is 4.57 Å². The summed E-state index contributed by atoms with van der Waals surface area (Å²) in [5, 5.41) is 0. The van der Waals surface area contributed by atoms with Crippen LogP contribution in [0.4, 0.5) is 8.78 Å². The van der Waals surface area contributed by atoms with Crippen molar-refractivity contribution >= 4 is 0 Å². The van der Waals surface area contributed by atoms with E-state index in [-0.39, 0.29) is 5.56 Å². The van der Waals surface area contributed by atoms with Crippen molar-refractivity contribution in [3.8, 4) is 11.1 Å². The van der Waals surface area contributed by atoms with Gasteiger partial charge in [-0.15, -0.1) is 0 Å². The van der Waals surface area contributed by atoms with E-state index >= 15 is 0 Å². The SMILES string of the molecule is O=c1ccc(-c2cc(F)cc(F)c2)cn1Cc1ccccc1. The van der Waals surface area contributed by atoms with Crippen molar-refractivity contribution in [2.45, 2.75) is 6.54 Å². The highest BCUT2D eigenvalue weighted by Gasteiger charge is 2.06. The van der Waals surface area contributed by atoms with Gasteiger partial charge in [-0.25, -0.2) is 8.78 Å². The maximum Gasteiger partial charge on any atom is 0.250 e. The number of nitrogens with zero attached hydrogens (tertiary/aromatic N) is 1. The lowest BCUT2D eigenvalue weighted by atomic mass is 10.1. The largest absolute Gasteiger partial charge is 0.310 e. The van der Waals surface area contributed by atoms with Gasteiger partial charge >= 0.3 is 0 Å². The number of pyridine rings is 1. The fraction of sp³-hybridized carbons (Fsp3) is 0.0556. The molecular formula is C18H13F2NO. The molecule has 1 aromatic heterocycles. The molecule has 0 amide bonds. The summed E-state index contributed by atoms with van der Waals surface area (Å²) >= 11 is 0. The van der Waals surface area contributed by atoms with Crippen LogP contribution in [0.5, 0.6) is 0 Å². The van der Waals surface area contributed by atoms with E-state index in [4.69, 9.17) is 0 Å². The van der Waals surface area contributed by atoms with E-state index in [1.807, 2.05) is 30.3 Å². The fourth-order valence-corrected chi connectivity index (χ4v) is 2.33. The summed E-state index contributed by atoms with van der Waals surface area (Å²) in [6, 6.07) is 15.8. The van der Waals surface area contributed by atoms with Gasteiger partial charge in [0, 0.05) is 18.3 Å². The van der Waals surface area contributed by atoms with E-state index in [1.165, 1.54) is 22.8 Å². The van der Waals surface area contributed by atoms with Crippen molar-refractivity contribution in [3.63, 3.8) is 0 Å². The van der Waals surface area contributed by atoms with Gasteiger partial charge in [0.2, 0.25) is 0 Å². The third-order valence-corrected chi connectivity index (χ3v) is 3.38. The predicted octanol–water partition coefficient (Wildman–Crippen LogP) is 3.84. The van der Waals surface area contributed by atoms with Crippen LogP contribution in [0, 0.1) is 11.6 Å². The number of aromatic nitrogens is 1. The molecule has 2 nitrogen and oxygen atoms in total. The smallest absolute Gasteiger partial charge is 0.250 e. The van der Waals surface area contributed by atoms with Crippen LogP contribution in [-0.4, -0.2) is 4.57 Å². The molecule has 0 saturated carbocycles. The monoisotopic (exact) mass is 297 g/mol. The third-order valence-electron chi connectivity index (χ3n) is 3.38. The molecule has 110 valence electrons. The molecule has 1 heterocycles. The van der Waals surface area contributed by atoms with Gasteiger partial charge in [-0.1, -0.05) is 30.3 Å². The lowest BCUT2D eigenvalue weighted by molar-refractivity contribution is 0.584. The number of rotatable bonds is 3. The molecule has 0 fully saturated rings. The Hall–Kier alpha value is -2.75. The summed E-state index contributed by atoms with van der Waals surface area (Å²) in [5.74, 6) is -1.29. The van der Waals surface area contributed by atoms with E-state index in [2.05, 4.69) is 0 Å². The van der Waals surface area contributed by atoms with Gasteiger partial charge in [-0.05, 0) is 34.9 Å². The molecule has 0 spiro atoms. The average molecular weight is 297 g/mol. The Labute approximate surface area is 126 Å². The maximum absolute atomic E-state index is 13.3. The first-order valence-electron chi connectivity index (χ1n) is 6.83. The van der Waals surface area contributed by atoms with Gasteiger partial charge in [0.1, 0.15) is 11.6 Å². The summed E-state index contributed by atoms with van der Waals surface area (Å²) in [6.45, 7) is 0.408. The minimum absolute atomic E-state index is 0.163. The molecule has 0 bridgehead atoms. The Bertz CT molecular complexity index is 836. The lowest BCUT2D eigenvalue weighted by Crippen LogP contribution is -2.19. The minimum atomic E-state index is -0.643. The van der Waals surface area contributed by atoms with Gasteiger partial charge < -0.3 is 4.57 Å². The molecule has 3 aromatic rings. The average Bonchev–Trinajstić information content (AvgIpc) is 2.49. The van der Waals surface area contributed by atoms with Gasteiger partial charge in [-0.2, -0.15) is 0 Å². The number of benzene rings is 2. The second-order valence-electron chi connectivity index (χ2n) is 5.03. The number of hydrogen-bond acceptors (Lipinski definition) is 1. The molecular weight excluding hydrogens is 284 g/mol. The lowest BCUT2D eigenvalue weighted by Gasteiger charge is -2.09. The van der Waals surface area contributed by atoms with Crippen molar-refractivity contribution in [3.05, 3.63) is 94.4 Å². The molecule has 0 aliphatic carbocycles. The molecule has 0 radical (unpaired) electrons. The number of hydrogen-bond donors (Lipinski definition) is 0. The summed E-state index contributed by atoms with van der Waals surface area (Å²) < 4.78 is 28.2. The van der Waals surface area contributed by atoms with Crippen LogP contribution in [0.3, 0.4) is 0 Å². The molecule has 22 heavy (non-hydrogen) atoms. The molecule has 0 atom stereocenters. The van der Waals surface area contributed by atoms with Crippen molar-refractivity contribution in [2.24, 2.45) is 0 Å². The Morgan fingerprint density at radius 1 is 0.818 bits per heavy atom. The van der Waals surface area contributed by atoms with Gasteiger partial charge in [0.15, 0.2) is 0 Å². The van der Waals surface area contributed by atoms with E-state index in [0.717, 1.165) is 11.6 Å². The van der Waals surface area contributed by atoms with Gasteiger partial charge in [0.05, 0.1) is 6.54 Å². The van der Waals surface area contributed by atoms with Crippen LogP contribution in [0.1, 0.15) is 5.56 Å². The summed E-state index contributed by atoms with van der Waals surface area (Å²) in [5.41, 5.74) is 1.81. The summed E-state index contributed by atoms with van der Waals surface area (Å²) in [7, 11) is 0. The van der Waals surface area contributed by atoms with Crippen molar-refractivity contribution < 1.29 is 8.78 Å². The Morgan fingerprint density at radius 3 is 2.18 bits per heavy atom. The van der Waals surface area contributed by atoms with Crippen LogP contribution in [0.25, 0.3) is 11.1 Å². The van der Waals surface area contributed by atoms with E-state index in [0.29, 0.717) is 17.7 Å². The Kier molecular flexibility index (Phi) is 3.83. The second-order valence-corrected chi connectivity index (χ2v) is 5.03. The first-order chi connectivity index (χ1) is 10.6. The molecule has 0 unspecified atom stereocenters. The normalized spacial score (nSPS) is 10.6. The molecule has 2 aromatic carbocycles. The zero-order valence-electron chi connectivity index (χ0n) is 11.7. The van der Waals surface area contributed by atoms with Gasteiger partial charge in [-0.3, -0.25) is 4.79 Å². The zero-order chi connectivity index (χ0) is 15.5. The topological polar surface area (TPSA) is 22.0 Å². The molecule has 4 heteroatoms. The molecule has 0 aliphatic rings. The predicted molar refractivity (Wildman–Crippen MR) is 81.6 cm³/mol. The highest BCUT2D eigenvalue weighted by atomic mass is 19.1. The standard InChI is InChI=1S/C18H13F2NO/c19-16-8-15(9-17(20)10-16)14-6-7-18(22)21(12-14)11-13-4-2-1-3-5-13/h1-10,12H,11H2. The van der Waals surface area contributed by atoms with Crippen LogP contribution < -0.4 is 5.56 Å². The fourth-order valence-electron chi connectivity index (χ4n) is 2.33. The Morgan fingerprint density at radius 2 is 1.50 bits per heavy atom. The number of halogens is 2. The quantitative estimate of drug-likeness (QED) is 0.720. The maximum atomic E-state index is 13.3. The molecule has 3 rings (SSSR count). The highest BCUT2D eigenvalue weighted by Crippen LogP contribution is 2.20. The zero-order valence-corrected chi connectivity index (χ0v) is 11.7.